The lowest BCUT2D eigenvalue weighted by molar-refractivity contribution is 0.144. The number of nitrogens with two attached hydrogens (primary N) is 1. The molecule has 0 amide bonds. The Labute approximate surface area is 81.0 Å². The standard InChI is InChI=1S/C10H22N2O/c1-2-13-8-4-7-12-10-6-3-5-9(10)11/h9-10,12H,2-8,11H2,1H3/t9-,10+/m1/s1. The van der Waals surface area contributed by atoms with Crippen LogP contribution in [0.25, 0.3) is 0 Å². The van der Waals surface area contributed by atoms with Crippen molar-refractivity contribution in [1.29, 1.82) is 0 Å². The van der Waals surface area contributed by atoms with Crippen molar-refractivity contribution in [2.45, 2.75) is 44.7 Å². The van der Waals surface area contributed by atoms with Gasteiger partial charge in [-0.15, -0.1) is 0 Å². The van der Waals surface area contributed by atoms with Crippen LogP contribution in [0.5, 0.6) is 0 Å². The Morgan fingerprint density at radius 1 is 1.46 bits per heavy atom. The van der Waals surface area contributed by atoms with Gasteiger partial charge in [0.15, 0.2) is 0 Å². The number of rotatable bonds is 6. The molecule has 78 valence electrons. The van der Waals surface area contributed by atoms with E-state index < -0.39 is 0 Å². The molecule has 0 aromatic rings. The average Bonchev–Trinajstić information content (AvgIpc) is 2.52. The Morgan fingerprint density at radius 2 is 2.31 bits per heavy atom. The highest BCUT2D eigenvalue weighted by Gasteiger charge is 2.22. The van der Waals surface area contributed by atoms with Crippen molar-refractivity contribution in [2.24, 2.45) is 5.73 Å². The fourth-order valence-electron chi connectivity index (χ4n) is 1.85. The molecule has 3 heteroatoms. The molecule has 1 fully saturated rings. The summed E-state index contributed by atoms with van der Waals surface area (Å²) in [6.07, 6.45) is 4.81. The van der Waals surface area contributed by atoms with Gasteiger partial charge in [0, 0.05) is 25.3 Å². The lowest BCUT2D eigenvalue weighted by Crippen LogP contribution is -2.41. The topological polar surface area (TPSA) is 47.3 Å². The quantitative estimate of drug-likeness (QED) is 0.605. The highest BCUT2D eigenvalue weighted by atomic mass is 16.5. The van der Waals surface area contributed by atoms with E-state index in [1.54, 1.807) is 0 Å². The third-order valence-corrected chi connectivity index (χ3v) is 2.65. The molecule has 0 spiro atoms. The molecule has 0 aromatic carbocycles. The van der Waals surface area contributed by atoms with Crippen LogP contribution in [0.3, 0.4) is 0 Å². The Morgan fingerprint density at radius 3 is 2.92 bits per heavy atom. The largest absolute Gasteiger partial charge is 0.382 e. The first-order valence-electron chi connectivity index (χ1n) is 5.41. The highest BCUT2D eigenvalue weighted by molar-refractivity contribution is 4.85. The molecule has 3 nitrogen and oxygen atoms in total. The van der Waals surface area contributed by atoms with E-state index in [2.05, 4.69) is 5.32 Å². The molecule has 0 bridgehead atoms. The zero-order valence-electron chi connectivity index (χ0n) is 8.59. The molecule has 0 unspecified atom stereocenters. The monoisotopic (exact) mass is 186 g/mol. The smallest absolute Gasteiger partial charge is 0.0477 e. The molecule has 1 aliphatic carbocycles. The fourth-order valence-corrected chi connectivity index (χ4v) is 1.85. The van der Waals surface area contributed by atoms with E-state index in [1.165, 1.54) is 19.3 Å². The molecule has 1 rings (SSSR count). The van der Waals surface area contributed by atoms with E-state index >= 15 is 0 Å². The van der Waals surface area contributed by atoms with Gasteiger partial charge < -0.3 is 15.8 Å². The van der Waals surface area contributed by atoms with Crippen LogP contribution >= 0.6 is 0 Å². The van der Waals surface area contributed by atoms with Crippen molar-refractivity contribution >= 4 is 0 Å². The lowest BCUT2D eigenvalue weighted by Gasteiger charge is -2.16. The van der Waals surface area contributed by atoms with Gasteiger partial charge in [-0.1, -0.05) is 6.42 Å². The fraction of sp³-hybridized carbons (Fsp3) is 1.00. The summed E-state index contributed by atoms with van der Waals surface area (Å²) in [7, 11) is 0. The minimum absolute atomic E-state index is 0.382. The molecule has 1 saturated carbocycles. The summed E-state index contributed by atoms with van der Waals surface area (Å²) in [4.78, 5) is 0. The van der Waals surface area contributed by atoms with Gasteiger partial charge in [0.1, 0.15) is 0 Å². The second-order valence-electron chi connectivity index (χ2n) is 3.71. The van der Waals surface area contributed by atoms with E-state index in [0.717, 1.165) is 26.2 Å². The molecule has 0 aliphatic heterocycles. The molecular weight excluding hydrogens is 164 g/mol. The third-order valence-electron chi connectivity index (χ3n) is 2.65. The molecule has 0 heterocycles. The van der Waals surface area contributed by atoms with Crippen LogP contribution in [0.15, 0.2) is 0 Å². The summed E-state index contributed by atoms with van der Waals surface area (Å²) in [6, 6.07) is 0.939. The number of hydrogen-bond donors (Lipinski definition) is 2. The molecular formula is C10H22N2O. The molecule has 0 radical (unpaired) electrons. The van der Waals surface area contributed by atoms with E-state index in [1.807, 2.05) is 6.92 Å². The number of hydrogen-bond acceptors (Lipinski definition) is 3. The Bertz CT molecular complexity index is 130. The second-order valence-corrected chi connectivity index (χ2v) is 3.71. The zero-order chi connectivity index (χ0) is 9.52. The van der Waals surface area contributed by atoms with Crippen LogP contribution in [0, 0.1) is 0 Å². The summed E-state index contributed by atoms with van der Waals surface area (Å²) < 4.78 is 5.25. The molecule has 2 atom stereocenters. The van der Waals surface area contributed by atoms with Gasteiger partial charge in [0.2, 0.25) is 0 Å². The minimum Gasteiger partial charge on any atom is -0.382 e. The molecule has 0 aromatic heterocycles. The molecule has 3 N–H and O–H groups in total. The molecule has 0 saturated heterocycles. The van der Waals surface area contributed by atoms with Gasteiger partial charge in [-0.3, -0.25) is 0 Å². The van der Waals surface area contributed by atoms with Crippen molar-refractivity contribution < 1.29 is 4.74 Å². The number of nitrogens with one attached hydrogen (secondary N) is 1. The molecule has 1 aliphatic rings. The van der Waals surface area contributed by atoms with Gasteiger partial charge in [-0.2, -0.15) is 0 Å². The van der Waals surface area contributed by atoms with Crippen LogP contribution in [-0.4, -0.2) is 31.8 Å². The lowest BCUT2D eigenvalue weighted by atomic mass is 10.2. The van der Waals surface area contributed by atoms with Gasteiger partial charge in [0.25, 0.3) is 0 Å². The summed E-state index contributed by atoms with van der Waals surface area (Å²) >= 11 is 0. The summed E-state index contributed by atoms with van der Waals surface area (Å²) in [5.74, 6) is 0. The first-order chi connectivity index (χ1) is 6.34. The van der Waals surface area contributed by atoms with Crippen LogP contribution in [0.2, 0.25) is 0 Å². The maximum Gasteiger partial charge on any atom is 0.0477 e. The van der Waals surface area contributed by atoms with Crippen molar-refractivity contribution in [3.05, 3.63) is 0 Å². The minimum atomic E-state index is 0.382. The Kier molecular flexibility index (Phi) is 5.35. The van der Waals surface area contributed by atoms with Gasteiger partial charge in [0.05, 0.1) is 0 Å². The zero-order valence-corrected chi connectivity index (χ0v) is 8.59. The number of ether oxygens (including phenoxy) is 1. The molecule has 13 heavy (non-hydrogen) atoms. The van der Waals surface area contributed by atoms with Gasteiger partial charge in [-0.05, 0) is 32.7 Å². The van der Waals surface area contributed by atoms with Crippen LogP contribution < -0.4 is 11.1 Å². The summed E-state index contributed by atoms with van der Waals surface area (Å²) in [5, 5.41) is 3.49. The second kappa shape index (κ2) is 6.35. The summed E-state index contributed by atoms with van der Waals surface area (Å²) in [5.41, 5.74) is 5.93. The van der Waals surface area contributed by atoms with Crippen molar-refractivity contribution in [1.82, 2.24) is 5.32 Å². The SMILES string of the molecule is CCOCCCN[C@H]1CCC[C@H]1N. The van der Waals surface area contributed by atoms with Gasteiger partial charge >= 0.3 is 0 Å². The van der Waals surface area contributed by atoms with Crippen molar-refractivity contribution in [3.63, 3.8) is 0 Å². The first kappa shape index (κ1) is 11.0. The predicted octanol–water partition coefficient (Wildman–Crippen LogP) is 0.882. The van der Waals surface area contributed by atoms with Crippen molar-refractivity contribution in [3.8, 4) is 0 Å². The summed E-state index contributed by atoms with van der Waals surface area (Å²) in [6.45, 7) is 4.76. The van der Waals surface area contributed by atoms with Crippen LogP contribution in [-0.2, 0) is 4.74 Å². The normalized spacial score (nSPS) is 28.2. The van der Waals surface area contributed by atoms with E-state index in [4.69, 9.17) is 10.5 Å². The van der Waals surface area contributed by atoms with Crippen LogP contribution in [0.1, 0.15) is 32.6 Å². The highest BCUT2D eigenvalue weighted by Crippen LogP contribution is 2.16. The van der Waals surface area contributed by atoms with Crippen molar-refractivity contribution in [2.75, 3.05) is 19.8 Å². The Balaban J connectivity index is 1.93. The third kappa shape index (κ3) is 4.07. The van der Waals surface area contributed by atoms with Gasteiger partial charge in [-0.25, -0.2) is 0 Å². The van der Waals surface area contributed by atoms with E-state index in [-0.39, 0.29) is 0 Å². The van der Waals surface area contributed by atoms with Crippen LogP contribution in [0.4, 0.5) is 0 Å². The maximum absolute atomic E-state index is 5.93. The maximum atomic E-state index is 5.93. The average molecular weight is 186 g/mol. The Hall–Kier alpha value is -0.120. The first-order valence-corrected chi connectivity index (χ1v) is 5.41. The van der Waals surface area contributed by atoms with E-state index in [9.17, 15) is 0 Å². The van der Waals surface area contributed by atoms with E-state index in [0.29, 0.717) is 12.1 Å². The predicted molar refractivity (Wildman–Crippen MR) is 54.7 cm³/mol.